The van der Waals surface area contributed by atoms with Gasteiger partial charge in [0, 0.05) is 21.8 Å². The largest absolute Gasteiger partial charge is 0.413 e. The molecule has 0 bridgehead atoms. The number of benzene rings is 2. The summed E-state index contributed by atoms with van der Waals surface area (Å²) in [6.07, 6.45) is 0. The van der Waals surface area contributed by atoms with Gasteiger partial charge in [-0.2, -0.15) is 0 Å². The quantitative estimate of drug-likeness (QED) is 0.508. The van der Waals surface area contributed by atoms with E-state index in [2.05, 4.69) is 20.2 Å². The van der Waals surface area contributed by atoms with Crippen molar-refractivity contribution in [1.29, 1.82) is 0 Å². The van der Waals surface area contributed by atoms with Gasteiger partial charge in [0.15, 0.2) is 0 Å². The second-order valence-electron chi connectivity index (χ2n) is 5.45. The predicted octanol–water partition coefficient (Wildman–Crippen LogP) is 4.37. The summed E-state index contributed by atoms with van der Waals surface area (Å²) in [4.78, 5) is 6.59. The SMILES string of the molecule is c1ccc2[nH]c(-c3nnc(-c4cc5ccccc5[nH]4)o3)cc2c1. The number of hydrogen-bond acceptors (Lipinski definition) is 3. The topological polar surface area (TPSA) is 70.5 Å². The molecular formula is C18H12N4O. The second kappa shape index (κ2) is 4.58. The van der Waals surface area contributed by atoms with Crippen molar-refractivity contribution in [3.05, 3.63) is 60.7 Å². The van der Waals surface area contributed by atoms with Crippen LogP contribution in [0.5, 0.6) is 0 Å². The van der Waals surface area contributed by atoms with Gasteiger partial charge in [0.25, 0.3) is 11.8 Å². The zero-order valence-electron chi connectivity index (χ0n) is 12.1. The average molecular weight is 300 g/mol. The smallest absolute Gasteiger partial charge is 0.264 e. The number of para-hydroxylation sites is 2. The highest BCUT2D eigenvalue weighted by atomic mass is 16.4. The molecule has 23 heavy (non-hydrogen) atoms. The molecule has 0 saturated carbocycles. The molecule has 0 amide bonds. The highest BCUT2D eigenvalue weighted by molar-refractivity contribution is 5.85. The molecule has 3 aromatic heterocycles. The Hall–Kier alpha value is -3.34. The van der Waals surface area contributed by atoms with Crippen molar-refractivity contribution in [1.82, 2.24) is 20.2 Å². The van der Waals surface area contributed by atoms with E-state index in [0.29, 0.717) is 11.8 Å². The third-order valence-corrected chi connectivity index (χ3v) is 3.95. The van der Waals surface area contributed by atoms with Crippen LogP contribution in [0.3, 0.4) is 0 Å². The molecule has 3 heterocycles. The van der Waals surface area contributed by atoms with Crippen LogP contribution < -0.4 is 0 Å². The van der Waals surface area contributed by atoms with Crippen molar-refractivity contribution >= 4 is 21.8 Å². The number of nitrogens with one attached hydrogen (secondary N) is 2. The molecule has 5 rings (SSSR count). The Morgan fingerprint density at radius 2 is 1.13 bits per heavy atom. The first-order valence-electron chi connectivity index (χ1n) is 7.36. The van der Waals surface area contributed by atoms with Gasteiger partial charge < -0.3 is 14.4 Å². The van der Waals surface area contributed by atoms with Gasteiger partial charge in [-0.15, -0.1) is 10.2 Å². The summed E-state index contributed by atoms with van der Waals surface area (Å²) in [6, 6.07) is 20.2. The second-order valence-corrected chi connectivity index (χ2v) is 5.45. The first-order valence-corrected chi connectivity index (χ1v) is 7.36. The molecule has 0 aliphatic rings. The van der Waals surface area contributed by atoms with E-state index < -0.39 is 0 Å². The van der Waals surface area contributed by atoms with Crippen LogP contribution >= 0.6 is 0 Å². The highest BCUT2D eigenvalue weighted by Crippen LogP contribution is 2.27. The number of fused-ring (bicyclic) bond motifs is 2. The zero-order valence-corrected chi connectivity index (χ0v) is 12.1. The van der Waals surface area contributed by atoms with Gasteiger partial charge in [0.1, 0.15) is 11.4 Å². The minimum Gasteiger partial charge on any atom is -0.413 e. The molecule has 0 unspecified atom stereocenters. The van der Waals surface area contributed by atoms with E-state index in [0.717, 1.165) is 33.2 Å². The van der Waals surface area contributed by atoms with Crippen molar-refractivity contribution in [3.8, 4) is 23.2 Å². The van der Waals surface area contributed by atoms with Crippen molar-refractivity contribution in [2.75, 3.05) is 0 Å². The summed E-state index contributed by atoms with van der Waals surface area (Å²) in [7, 11) is 0. The Balaban J connectivity index is 1.59. The van der Waals surface area contributed by atoms with Crippen LogP contribution in [0.2, 0.25) is 0 Å². The summed E-state index contributed by atoms with van der Waals surface area (Å²) in [5.74, 6) is 0.963. The summed E-state index contributed by atoms with van der Waals surface area (Å²) in [5.41, 5.74) is 3.74. The molecule has 0 aliphatic heterocycles. The lowest BCUT2D eigenvalue weighted by molar-refractivity contribution is 0.581. The summed E-state index contributed by atoms with van der Waals surface area (Å²) in [6.45, 7) is 0. The molecular weight excluding hydrogens is 288 g/mol. The molecule has 0 atom stereocenters. The number of aromatic amines is 2. The van der Waals surface area contributed by atoms with E-state index in [1.54, 1.807) is 0 Å². The van der Waals surface area contributed by atoms with Gasteiger partial charge in [-0.05, 0) is 24.3 Å². The van der Waals surface area contributed by atoms with E-state index >= 15 is 0 Å². The maximum Gasteiger partial charge on any atom is 0.264 e. The molecule has 0 spiro atoms. The standard InChI is InChI=1S/C18H12N4O/c1-3-7-13-11(5-1)9-15(19-13)17-21-22-18(23-17)16-10-12-6-2-4-8-14(12)20-16/h1-10,19-20H. The van der Waals surface area contributed by atoms with E-state index in [1.165, 1.54) is 0 Å². The highest BCUT2D eigenvalue weighted by Gasteiger charge is 2.14. The van der Waals surface area contributed by atoms with Crippen LogP contribution in [0.4, 0.5) is 0 Å². The normalized spacial score (nSPS) is 11.5. The van der Waals surface area contributed by atoms with Gasteiger partial charge in [0.2, 0.25) is 0 Å². The summed E-state index contributed by atoms with van der Waals surface area (Å²) >= 11 is 0. The van der Waals surface area contributed by atoms with Crippen molar-refractivity contribution in [3.63, 3.8) is 0 Å². The Morgan fingerprint density at radius 3 is 1.61 bits per heavy atom. The lowest BCUT2D eigenvalue weighted by Crippen LogP contribution is -1.76. The maximum atomic E-state index is 5.83. The van der Waals surface area contributed by atoms with Crippen LogP contribution in [-0.2, 0) is 0 Å². The molecule has 0 aliphatic carbocycles. The summed E-state index contributed by atoms with van der Waals surface area (Å²) < 4.78 is 5.83. The van der Waals surface area contributed by atoms with Gasteiger partial charge in [-0.1, -0.05) is 36.4 Å². The number of hydrogen-bond donors (Lipinski definition) is 2. The Bertz CT molecular complexity index is 978. The Morgan fingerprint density at radius 1 is 0.652 bits per heavy atom. The van der Waals surface area contributed by atoms with Crippen LogP contribution in [-0.4, -0.2) is 20.2 Å². The average Bonchev–Trinajstić information content (AvgIpc) is 3.30. The molecule has 5 nitrogen and oxygen atoms in total. The third kappa shape index (κ3) is 1.94. The van der Waals surface area contributed by atoms with Gasteiger partial charge >= 0.3 is 0 Å². The van der Waals surface area contributed by atoms with Crippen LogP contribution in [0, 0.1) is 0 Å². The zero-order chi connectivity index (χ0) is 15.2. The molecule has 0 saturated heterocycles. The minimum atomic E-state index is 0.481. The van der Waals surface area contributed by atoms with Crippen LogP contribution in [0.25, 0.3) is 45.0 Å². The molecule has 110 valence electrons. The van der Waals surface area contributed by atoms with Crippen molar-refractivity contribution in [2.45, 2.75) is 0 Å². The predicted molar refractivity (Wildman–Crippen MR) is 88.9 cm³/mol. The summed E-state index contributed by atoms with van der Waals surface area (Å²) in [5, 5.41) is 10.6. The van der Waals surface area contributed by atoms with Gasteiger partial charge in [-0.3, -0.25) is 0 Å². The fourth-order valence-corrected chi connectivity index (χ4v) is 2.82. The van der Waals surface area contributed by atoms with E-state index in [9.17, 15) is 0 Å². The molecule has 2 aromatic carbocycles. The van der Waals surface area contributed by atoms with Gasteiger partial charge in [0.05, 0.1) is 0 Å². The first-order chi connectivity index (χ1) is 11.4. The van der Waals surface area contributed by atoms with E-state index in [4.69, 9.17) is 4.42 Å². The first kappa shape index (κ1) is 12.2. The van der Waals surface area contributed by atoms with Crippen molar-refractivity contribution < 1.29 is 4.42 Å². The number of H-pyrrole nitrogens is 2. The Labute approximate surface area is 131 Å². The number of nitrogens with zero attached hydrogens (tertiary/aromatic N) is 2. The van der Waals surface area contributed by atoms with E-state index in [1.807, 2.05) is 60.7 Å². The maximum absolute atomic E-state index is 5.83. The molecule has 0 fully saturated rings. The fourth-order valence-electron chi connectivity index (χ4n) is 2.82. The third-order valence-electron chi connectivity index (χ3n) is 3.95. The lowest BCUT2D eigenvalue weighted by Gasteiger charge is -1.89. The van der Waals surface area contributed by atoms with Crippen molar-refractivity contribution in [2.24, 2.45) is 0 Å². The molecule has 2 N–H and O–H groups in total. The molecule has 5 aromatic rings. The monoisotopic (exact) mass is 300 g/mol. The molecule has 0 radical (unpaired) electrons. The number of aromatic nitrogens is 4. The van der Waals surface area contributed by atoms with Crippen LogP contribution in [0.15, 0.2) is 65.1 Å². The molecule has 5 heteroatoms. The van der Waals surface area contributed by atoms with Crippen LogP contribution in [0.1, 0.15) is 0 Å². The minimum absolute atomic E-state index is 0.481. The van der Waals surface area contributed by atoms with Gasteiger partial charge in [-0.25, -0.2) is 0 Å². The number of rotatable bonds is 2. The lowest BCUT2D eigenvalue weighted by atomic mass is 10.2. The van der Waals surface area contributed by atoms with E-state index in [-0.39, 0.29) is 0 Å². The Kier molecular flexibility index (Phi) is 2.43. The fraction of sp³-hybridized carbons (Fsp3) is 0.